The van der Waals surface area contributed by atoms with Crippen LogP contribution in [0, 0.1) is 0 Å². The molecule has 1 aliphatic heterocycles. The van der Waals surface area contributed by atoms with Crippen molar-refractivity contribution >= 4 is 45.2 Å². The van der Waals surface area contributed by atoms with E-state index in [-0.39, 0.29) is 11.9 Å². The molecule has 0 saturated carbocycles. The normalized spacial score (nSPS) is 24.1. The predicted molar refractivity (Wildman–Crippen MR) is 81.6 cm³/mol. The minimum Gasteiger partial charge on any atom is -0.334 e. The average molecular weight is 349 g/mol. The lowest BCUT2D eigenvalue weighted by atomic mass is 10.1. The highest BCUT2D eigenvalue weighted by atomic mass is 79.9. The van der Waals surface area contributed by atoms with E-state index in [1.807, 2.05) is 28.8 Å². The van der Waals surface area contributed by atoms with Gasteiger partial charge < -0.3 is 4.90 Å². The molecule has 1 saturated heterocycles. The molecule has 18 heavy (non-hydrogen) atoms. The minimum absolute atomic E-state index is 0.0732. The van der Waals surface area contributed by atoms with Gasteiger partial charge in [-0.05, 0) is 41.1 Å². The highest BCUT2D eigenvalue weighted by Crippen LogP contribution is 2.28. The molecule has 0 radical (unpaired) electrons. The zero-order chi connectivity index (χ0) is 13.3. The van der Waals surface area contributed by atoms with Gasteiger partial charge in [-0.15, -0.1) is 0 Å². The first-order valence-electron chi connectivity index (χ1n) is 5.88. The summed E-state index contributed by atoms with van der Waals surface area (Å²) in [6.45, 7) is 5.08. The molecule has 1 aromatic carbocycles. The van der Waals surface area contributed by atoms with Crippen molar-refractivity contribution in [2.45, 2.75) is 25.1 Å². The van der Waals surface area contributed by atoms with Crippen LogP contribution in [0.3, 0.4) is 0 Å². The van der Waals surface area contributed by atoms with E-state index < -0.39 is 0 Å². The van der Waals surface area contributed by atoms with E-state index >= 15 is 0 Å². The van der Waals surface area contributed by atoms with Crippen molar-refractivity contribution in [3.63, 3.8) is 0 Å². The van der Waals surface area contributed by atoms with Crippen molar-refractivity contribution in [3.05, 3.63) is 33.3 Å². The maximum absolute atomic E-state index is 12.5. The van der Waals surface area contributed by atoms with Gasteiger partial charge in [-0.2, -0.15) is 11.8 Å². The molecule has 2 rings (SSSR count). The molecule has 1 aliphatic rings. The van der Waals surface area contributed by atoms with Crippen LogP contribution in [0.25, 0.3) is 0 Å². The highest BCUT2D eigenvalue weighted by molar-refractivity contribution is 9.10. The maximum Gasteiger partial charge on any atom is 0.254 e. The standard InChI is InChI=1S/C13H15BrClNOS/c1-8-9(2)18-6-5-16(8)13(17)10-3-4-11(14)12(15)7-10/h3-4,7-9H,5-6H2,1-2H3. The van der Waals surface area contributed by atoms with Crippen molar-refractivity contribution in [2.75, 3.05) is 12.3 Å². The second-order valence-electron chi connectivity index (χ2n) is 4.44. The Balaban J connectivity index is 2.22. The number of amides is 1. The Labute approximate surface area is 125 Å². The molecule has 2 nitrogen and oxygen atoms in total. The molecule has 1 heterocycles. The first kappa shape index (κ1) is 14.2. The zero-order valence-corrected chi connectivity index (χ0v) is 13.5. The number of rotatable bonds is 1. The van der Waals surface area contributed by atoms with Crippen LogP contribution in [0.15, 0.2) is 22.7 Å². The lowest BCUT2D eigenvalue weighted by Gasteiger charge is -2.37. The topological polar surface area (TPSA) is 20.3 Å². The Hall–Kier alpha value is -0.190. The molecule has 2 atom stereocenters. The van der Waals surface area contributed by atoms with Crippen molar-refractivity contribution < 1.29 is 4.79 Å². The van der Waals surface area contributed by atoms with Gasteiger partial charge in [-0.3, -0.25) is 4.79 Å². The fourth-order valence-corrected chi connectivity index (χ4v) is 3.54. The van der Waals surface area contributed by atoms with Gasteiger partial charge in [0.25, 0.3) is 5.91 Å². The van der Waals surface area contributed by atoms with Crippen molar-refractivity contribution in [2.24, 2.45) is 0 Å². The summed E-state index contributed by atoms with van der Waals surface area (Å²) in [5, 5.41) is 1.06. The summed E-state index contributed by atoms with van der Waals surface area (Å²) in [6.07, 6.45) is 0. The van der Waals surface area contributed by atoms with Gasteiger partial charge in [-0.25, -0.2) is 0 Å². The average Bonchev–Trinajstić information content (AvgIpc) is 2.35. The summed E-state index contributed by atoms with van der Waals surface area (Å²) in [5.74, 6) is 1.07. The Morgan fingerprint density at radius 1 is 1.50 bits per heavy atom. The number of nitrogens with zero attached hydrogens (tertiary/aromatic N) is 1. The first-order chi connectivity index (χ1) is 8.50. The number of hydrogen-bond donors (Lipinski definition) is 0. The molecule has 0 bridgehead atoms. The van der Waals surface area contributed by atoms with E-state index in [0.717, 1.165) is 16.8 Å². The van der Waals surface area contributed by atoms with E-state index in [4.69, 9.17) is 11.6 Å². The van der Waals surface area contributed by atoms with Crippen LogP contribution in [-0.4, -0.2) is 34.4 Å². The van der Waals surface area contributed by atoms with Gasteiger partial charge in [0.1, 0.15) is 0 Å². The number of carbonyl (C=O) groups is 1. The van der Waals surface area contributed by atoms with Gasteiger partial charge in [-0.1, -0.05) is 18.5 Å². The lowest BCUT2D eigenvalue weighted by molar-refractivity contribution is 0.0698. The summed E-state index contributed by atoms with van der Waals surface area (Å²) in [5.41, 5.74) is 0.661. The summed E-state index contributed by atoms with van der Waals surface area (Å²) in [4.78, 5) is 14.4. The van der Waals surface area contributed by atoms with Crippen LogP contribution in [-0.2, 0) is 0 Å². The molecule has 1 amide bonds. The molecular weight excluding hydrogens is 334 g/mol. The van der Waals surface area contributed by atoms with Crippen LogP contribution in [0.1, 0.15) is 24.2 Å². The van der Waals surface area contributed by atoms with Crippen molar-refractivity contribution in [1.29, 1.82) is 0 Å². The minimum atomic E-state index is 0.0732. The Bertz CT molecular complexity index is 468. The molecule has 0 aliphatic carbocycles. The van der Waals surface area contributed by atoms with Crippen LogP contribution in [0.5, 0.6) is 0 Å². The third-order valence-electron chi connectivity index (χ3n) is 3.31. The van der Waals surface area contributed by atoms with Crippen LogP contribution < -0.4 is 0 Å². The summed E-state index contributed by atoms with van der Waals surface area (Å²) < 4.78 is 0.816. The zero-order valence-electron chi connectivity index (χ0n) is 10.3. The SMILES string of the molecule is CC1SCCN(C(=O)c2ccc(Br)c(Cl)c2)C1C. The quantitative estimate of drug-likeness (QED) is 0.762. The van der Waals surface area contributed by atoms with Crippen LogP contribution in [0.2, 0.25) is 5.02 Å². The van der Waals surface area contributed by atoms with E-state index in [1.54, 1.807) is 6.07 Å². The smallest absolute Gasteiger partial charge is 0.254 e. The van der Waals surface area contributed by atoms with Gasteiger partial charge in [0, 0.05) is 33.6 Å². The van der Waals surface area contributed by atoms with E-state index in [9.17, 15) is 4.79 Å². The summed E-state index contributed by atoms with van der Waals surface area (Å²) >= 11 is 11.3. The Morgan fingerprint density at radius 2 is 2.22 bits per heavy atom. The number of carbonyl (C=O) groups excluding carboxylic acids is 1. The van der Waals surface area contributed by atoms with E-state index in [2.05, 4.69) is 29.8 Å². The fourth-order valence-electron chi connectivity index (χ4n) is 2.01. The van der Waals surface area contributed by atoms with E-state index in [0.29, 0.717) is 15.8 Å². The molecule has 0 spiro atoms. The van der Waals surface area contributed by atoms with Crippen LogP contribution in [0.4, 0.5) is 0 Å². The number of thioether (sulfide) groups is 1. The second-order valence-corrected chi connectivity index (χ2v) is 7.19. The Kier molecular flexibility index (Phi) is 4.62. The molecule has 1 aromatic rings. The fraction of sp³-hybridized carbons (Fsp3) is 0.462. The maximum atomic E-state index is 12.5. The van der Waals surface area contributed by atoms with Gasteiger partial charge in [0.15, 0.2) is 0 Å². The molecule has 0 aromatic heterocycles. The molecule has 2 unspecified atom stereocenters. The van der Waals surface area contributed by atoms with Gasteiger partial charge in [0.05, 0.1) is 5.02 Å². The summed E-state index contributed by atoms with van der Waals surface area (Å²) in [7, 11) is 0. The number of hydrogen-bond acceptors (Lipinski definition) is 2. The third kappa shape index (κ3) is 2.86. The predicted octanol–water partition coefficient (Wildman–Crippen LogP) is 4.07. The monoisotopic (exact) mass is 347 g/mol. The summed E-state index contributed by atoms with van der Waals surface area (Å²) in [6, 6.07) is 5.63. The third-order valence-corrected chi connectivity index (χ3v) is 5.88. The number of halogens is 2. The second kappa shape index (κ2) is 5.85. The largest absolute Gasteiger partial charge is 0.334 e. The van der Waals surface area contributed by atoms with Crippen LogP contribution >= 0.6 is 39.3 Å². The molecule has 98 valence electrons. The Morgan fingerprint density at radius 3 is 2.89 bits per heavy atom. The lowest BCUT2D eigenvalue weighted by Crippen LogP contribution is -2.47. The highest BCUT2D eigenvalue weighted by Gasteiger charge is 2.29. The molecule has 0 N–H and O–H groups in total. The van der Waals surface area contributed by atoms with Gasteiger partial charge >= 0.3 is 0 Å². The molecular formula is C13H15BrClNOS. The molecule has 1 fully saturated rings. The van der Waals surface area contributed by atoms with Gasteiger partial charge in [0.2, 0.25) is 0 Å². The van der Waals surface area contributed by atoms with Crippen molar-refractivity contribution in [3.8, 4) is 0 Å². The van der Waals surface area contributed by atoms with E-state index in [1.165, 1.54) is 0 Å². The van der Waals surface area contributed by atoms with Crippen molar-refractivity contribution in [1.82, 2.24) is 4.90 Å². The number of benzene rings is 1. The first-order valence-corrected chi connectivity index (χ1v) is 8.10. The molecule has 5 heteroatoms.